The predicted octanol–water partition coefficient (Wildman–Crippen LogP) is 4.48. The summed E-state index contributed by atoms with van der Waals surface area (Å²) in [4.78, 5) is 0.599. The maximum Gasteiger partial charge on any atom is 0.243 e. The van der Waals surface area contributed by atoms with Crippen LogP contribution in [-0.2, 0) is 20.0 Å². The van der Waals surface area contributed by atoms with Gasteiger partial charge in [0.05, 0.1) is 9.79 Å². The predicted molar refractivity (Wildman–Crippen MR) is 126 cm³/mol. The van der Waals surface area contributed by atoms with Crippen molar-refractivity contribution in [1.82, 2.24) is 8.61 Å². The molecule has 2 aliphatic rings. The highest BCUT2D eigenvalue weighted by Crippen LogP contribution is 2.29. The van der Waals surface area contributed by atoms with Crippen molar-refractivity contribution >= 4 is 20.0 Å². The molecular weight excluding hydrogens is 444 g/mol. The van der Waals surface area contributed by atoms with E-state index in [4.69, 9.17) is 0 Å². The summed E-state index contributed by atoms with van der Waals surface area (Å²) in [5, 5.41) is 0. The molecule has 0 N–H and O–H groups in total. The fraction of sp³-hybridized carbons (Fsp3) is 0.500. The zero-order chi connectivity index (χ0) is 22.9. The maximum absolute atomic E-state index is 13.0. The Bertz CT molecular complexity index is 1050. The number of benzene rings is 2. The smallest absolute Gasteiger partial charge is 0.207 e. The Morgan fingerprint density at radius 1 is 0.594 bits per heavy atom. The van der Waals surface area contributed by atoms with Gasteiger partial charge in [0.15, 0.2) is 0 Å². The van der Waals surface area contributed by atoms with Crippen LogP contribution in [0, 0.1) is 0 Å². The summed E-state index contributed by atoms with van der Waals surface area (Å²) < 4.78 is 55.3. The lowest BCUT2D eigenvalue weighted by atomic mass is 10.1. The second-order valence-electron chi connectivity index (χ2n) is 8.97. The lowest BCUT2D eigenvalue weighted by Crippen LogP contribution is -2.41. The van der Waals surface area contributed by atoms with Crippen LogP contribution in [0.4, 0.5) is 0 Å². The van der Waals surface area contributed by atoms with Crippen LogP contribution in [0.15, 0.2) is 58.3 Å². The lowest BCUT2D eigenvalue weighted by molar-refractivity contribution is 0.268. The van der Waals surface area contributed by atoms with E-state index in [-0.39, 0.29) is 12.1 Å². The fourth-order valence-corrected chi connectivity index (χ4v) is 8.17. The minimum Gasteiger partial charge on any atom is -0.207 e. The highest BCUT2D eigenvalue weighted by Gasteiger charge is 2.32. The summed E-state index contributed by atoms with van der Waals surface area (Å²) in [6.45, 7) is 5.06. The minimum absolute atomic E-state index is 0.0190. The first-order valence-corrected chi connectivity index (χ1v) is 14.3. The number of rotatable bonds is 5. The summed E-state index contributed by atoms with van der Waals surface area (Å²) in [5.41, 5.74) is 1.71. The molecule has 32 heavy (non-hydrogen) atoms. The first-order valence-electron chi connectivity index (χ1n) is 11.5. The number of nitrogens with zero attached hydrogens (tertiary/aromatic N) is 2. The van der Waals surface area contributed by atoms with Gasteiger partial charge in [0.2, 0.25) is 20.0 Å². The molecule has 0 unspecified atom stereocenters. The highest BCUT2D eigenvalue weighted by molar-refractivity contribution is 7.89. The molecule has 2 aliphatic heterocycles. The standard InChI is InChI=1S/C24H32N2O4S2/c1-19-7-3-5-17-25(19)31(27,28)23-13-9-21(10-14-23)22-11-15-24(16-12-22)32(29,30)26-18-6-4-8-20(26)2/h9-16,19-20H,3-8,17-18H2,1-2H3/t19-,20-/m0/s1. The van der Waals surface area contributed by atoms with Gasteiger partial charge >= 0.3 is 0 Å². The number of sulfonamides is 2. The number of hydrogen-bond donors (Lipinski definition) is 0. The van der Waals surface area contributed by atoms with E-state index in [2.05, 4.69) is 0 Å². The van der Waals surface area contributed by atoms with E-state index in [0.717, 1.165) is 49.7 Å². The van der Waals surface area contributed by atoms with E-state index in [1.807, 2.05) is 13.8 Å². The molecule has 0 spiro atoms. The molecule has 2 saturated heterocycles. The molecule has 174 valence electrons. The van der Waals surface area contributed by atoms with Crippen molar-refractivity contribution in [2.24, 2.45) is 0 Å². The normalized spacial score (nSPS) is 23.8. The van der Waals surface area contributed by atoms with Crippen molar-refractivity contribution in [3.8, 4) is 11.1 Å². The van der Waals surface area contributed by atoms with Crippen molar-refractivity contribution in [3.63, 3.8) is 0 Å². The molecule has 6 nitrogen and oxygen atoms in total. The fourth-order valence-electron chi connectivity index (χ4n) is 4.77. The Morgan fingerprint density at radius 3 is 1.25 bits per heavy atom. The molecule has 0 aliphatic carbocycles. The summed E-state index contributed by atoms with van der Waals surface area (Å²) >= 11 is 0. The minimum atomic E-state index is -3.51. The third-order valence-electron chi connectivity index (χ3n) is 6.74. The number of hydrogen-bond acceptors (Lipinski definition) is 4. The van der Waals surface area contributed by atoms with Crippen molar-refractivity contribution in [2.75, 3.05) is 13.1 Å². The van der Waals surface area contributed by atoms with Gasteiger partial charge in [-0.05, 0) is 74.9 Å². The molecule has 0 amide bonds. The molecule has 2 aromatic rings. The van der Waals surface area contributed by atoms with Gasteiger partial charge in [0.25, 0.3) is 0 Å². The first-order chi connectivity index (χ1) is 15.2. The van der Waals surface area contributed by atoms with E-state index in [0.29, 0.717) is 22.9 Å². The van der Waals surface area contributed by atoms with E-state index in [1.54, 1.807) is 57.1 Å². The molecule has 0 radical (unpaired) electrons. The van der Waals surface area contributed by atoms with Gasteiger partial charge in [-0.2, -0.15) is 8.61 Å². The van der Waals surface area contributed by atoms with Crippen molar-refractivity contribution in [3.05, 3.63) is 48.5 Å². The van der Waals surface area contributed by atoms with Gasteiger partial charge in [0.1, 0.15) is 0 Å². The molecule has 2 heterocycles. The third-order valence-corrected chi connectivity index (χ3v) is 10.8. The highest BCUT2D eigenvalue weighted by atomic mass is 32.2. The quantitative estimate of drug-likeness (QED) is 0.638. The maximum atomic E-state index is 13.0. The van der Waals surface area contributed by atoms with Crippen LogP contribution in [0.3, 0.4) is 0 Å². The molecule has 2 aromatic carbocycles. The third kappa shape index (κ3) is 4.51. The molecule has 0 aromatic heterocycles. The van der Waals surface area contributed by atoms with E-state index >= 15 is 0 Å². The van der Waals surface area contributed by atoms with Crippen molar-refractivity contribution in [2.45, 2.75) is 74.2 Å². The molecule has 0 saturated carbocycles. The monoisotopic (exact) mass is 476 g/mol. The van der Waals surface area contributed by atoms with Gasteiger partial charge in [0, 0.05) is 25.2 Å². The SMILES string of the molecule is C[C@H]1CCCCN1S(=O)(=O)c1ccc(-c2ccc(S(=O)(=O)N3CCCC[C@@H]3C)cc2)cc1. The molecular formula is C24H32N2O4S2. The summed E-state index contributed by atoms with van der Waals surface area (Å²) in [7, 11) is -7.01. The Balaban J connectivity index is 1.54. The van der Waals surface area contributed by atoms with Crippen LogP contribution in [-0.4, -0.2) is 50.6 Å². The van der Waals surface area contributed by atoms with Gasteiger partial charge < -0.3 is 0 Å². The second kappa shape index (κ2) is 9.25. The summed E-state index contributed by atoms with van der Waals surface area (Å²) in [6, 6.07) is 13.8. The Morgan fingerprint density at radius 2 is 0.938 bits per heavy atom. The average molecular weight is 477 g/mol. The van der Waals surface area contributed by atoms with Crippen molar-refractivity contribution < 1.29 is 16.8 Å². The lowest BCUT2D eigenvalue weighted by Gasteiger charge is -2.32. The van der Waals surface area contributed by atoms with Crippen LogP contribution in [0.2, 0.25) is 0 Å². The Kier molecular flexibility index (Phi) is 6.77. The van der Waals surface area contributed by atoms with Gasteiger partial charge in [-0.15, -0.1) is 0 Å². The van der Waals surface area contributed by atoms with E-state index in [9.17, 15) is 16.8 Å². The molecule has 0 bridgehead atoms. The molecule has 2 atom stereocenters. The van der Waals surface area contributed by atoms with E-state index in [1.165, 1.54) is 0 Å². The van der Waals surface area contributed by atoms with Crippen LogP contribution in [0.5, 0.6) is 0 Å². The van der Waals surface area contributed by atoms with E-state index < -0.39 is 20.0 Å². The van der Waals surface area contributed by atoms with Crippen LogP contribution < -0.4 is 0 Å². The molecule has 8 heteroatoms. The molecule has 2 fully saturated rings. The van der Waals surface area contributed by atoms with Gasteiger partial charge in [-0.3, -0.25) is 0 Å². The molecule has 4 rings (SSSR count). The van der Waals surface area contributed by atoms with Crippen LogP contribution in [0.25, 0.3) is 11.1 Å². The largest absolute Gasteiger partial charge is 0.243 e. The zero-order valence-electron chi connectivity index (χ0n) is 18.8. The van der Waals surface area contributed by atoms with Gasteiger partial charge in [-0.1, -0.05) is 37.1 Å². The Hall–Kier alpha value is -1.74. The Labute approximate surface area is 192 Å². The zero-order valence-corrected chi connectivity index (χ0v) is 20.4. The number of piperidine rings is 2. The van der Waals surface area contributed by atoms with Gasteiger partial charge in [-0.25, -0.2) is 16.8 Å². The first kappa shape index (κ1) is 23.4. The topological polar surface area (TPSA) is 74.8 Å². The second-order valence-corrected chi connectivity index (χ2v) is 12.8. The van der Waals surface area contributed by atoms with Crippen molar-refractivity contribution in [1.29, 1.82) is 0 Å². The summed E-state index contributed by atoms with van der Waals surface area (Å²) in [5.74, 6) is 0. The van der Waals surface area contributed by atoms with Crippen LogP contribution >= 0.6 is 0 Å². The van der Waals surface area contributed by atoms with Crippen LogP contribution in [0.1, 0.15) is 52.4 Å². The summed E-state index contributed by atoms with van der Waals surface area (Å²) in [6.07, 6.45) is 5.70. The average Bonchev–Trinajstić information content (AvgIpc) is 2.79.